The van der Waals surface area contributed by atoms with Crippen LogP contribution in [0.1, 0.15) is 29.2 Å². The Bertz CT molecular complexity index is 840. The Morgan fingerprint density at radius 3 is 2.86 bits per heavy atom. The van der Waals surface area contributed by atoms with Gasteiger partial charge in [0.2, 0.25) is 0 Å². The van der Waals surface area contributed by atoms with Gasteiger partial charge in [0.05, 0.1) is 11.1 Å². The van der Waals surface area contributed by atoms with Gasteiger partial charge in [-0.2, -0.15) is 0 Å². The second kappa shape index (κ2) is 9.97. The van der Waals surface area contributed by atoms with Crippen LogP contribution < -0.4 is 20.9 Å². The molecule has 1 aromatic heterocycles. The highest BCUT2D eigenvalue weighted by molar-refractivity contribution is 7.80. The zero-order valence-corrected chi connectivity index (χ0v) is 17.1. The molecule has 7 nitrogen and oxygen atoms in total. The van der Waals surface area contributed by atoms with Crippen LogP contribution in [0.25, 0.3) is 0 Å². The van der Waals surface area contributed by atoms with Crippen LogP contribution in [0.15, 0.2) is 34.7 Å². The largest absolute Gasteiger partial charge is 0.484 e. The maximum Gasteiger partial charge on any atom is 0.305 e. The summed E-state index contributed by atoms with van der Waals surface area (Å²) in [5, 5.41) is 4.21. The summed E-state index contributed by atoms with van der Waals surface area (Å²) in [6, 6.07) is 8.11. The van der Waals surface area contributed by atoms with Crippen molar-refractivity contribution in [3.05, 3.63) is 51.9 Å². The molecule has 1 atom stereocenters. The Morgan fingerprint density at radius 2 is 2.11 bits per heavy atom. The van der Waals surface area contributed by atoms with Crippen molar-refractivity contribution >= 4 is 46.4 Å². The quantitative estimate of drug-likeness (QED) is 0.465. The first kappa shape index (κ1) is 20.7. The minimum Gasteiger partial charge on any atom is -0.484 e. The van der Waals surface area contributed by atoms with Crippen LogP contribution >= 0.6 is 35.4 Å². The fraction of sp³-hybridized carbons (Fsp3) is 0.333. The Kier molecular flexibility index (Phi) is 7.38. The van der Waals surface area contributed by atoms with E-state index in [1.807, 2.05) is 0 Å². The number of hydrazine groups is 1. The first-order valence-electron chi connectivity index (χ1n) is 8.63. The van der Waals surface area contributed by atoms with E-state index in [4.69, 9.17) is 49.3 Å². The van der Waals surface area contributed by atoms with Crippen LogP contribution in [0.4, 0.5) is 0 Å². The Morgan fingerprint density at radius 1 is 1.25 bits per heavy atom. The average molecular weight is 444 g/mol. The minimum absolute atomic E-state index is 0.115. The van der Waals surface area contributed by atoms with Crippen molar-refractivity contribution in [1.82, 2.24) is 16.2 Å². The number of thiocarbonyl (C=S) groups is 1. The van der Waals surface area contributed by atoms with Gasteiger partial charge in [0.15, 0.2) is 10.9 Å². The first-order valence-corrected chi connectivity index (χ1v) is 9.80. The molecule has 3 N–H and O–H groups in total. The molecule has 2 aromatic rings. The highest BCUT2D eigenvalue weighted by Gasteiger charge is 2.16. The molecule has 1 amide bonds. The molecular formula is C18H19Cl2N3O4S. The van der Waals surface area contributed by atoms with Gasteiger partial charge in [-0.05, 0) is 55.4 Å². The summed E-state index contributed by atoms with van der Waals surface area (Å²) in [6.07, 6.45) is 2.20. The zero-order valence-electron chi connectivity index (χ0n) is 14.8. The number of hydrogen-bond donors (Lipinski definition) is 3. The number of hydrogen-bond acceptors (Lipinski definition) is 5. The lowest BCUT2D eigenvalue weighted by atomic mass is 10.2. The molecule has 0 aliphatic carbocycles. The first-order chi connectivity index (χ1) is 13.5. The van der Waals surface area contributed by atoms with Crippen molar-refractivity contribution in [3.8, 4) is 5.75 Å². The number of nitrogens with one attached hydrogen (secondary N) is 3. The van der Waals surface area contributed by atoms with Crippen LogP contribution in [0, 0.1) is 0 Å². The summed E-state index contributed by atoms with van der Waals surface area (Å²) in [5.41, 5.74) is 5.10. The number of carbonyl (C=O) groups is 1. The highest BCUT2D eigenvalue weighted by atomic mass is 35.5. The molecule has 0 radical (unpaired) electrons. The number of rotatable bonds is 6. The molecule has 0 spiro atoms. The monoisotopic (exact) mass is 443 g/mol. The lowest BCUT2D eigenvalue weighted by Crippen LogP contribution is -2.48. The molecule has 1 fully saturated rings. The maximum atomic E-state index is 12.1. The normalized spacial score (nSPS) is 15.9. The van der Waals surface area contributed by atoms with Gasteiger partial charge in [0, 0.05) is 18.2 Å². The van der Waals surface area contributed by atoms with Gasteiger partial charge in [0.25, 0.3) is 0 Å². The van der Waals surface area contributed by atoms with E-state index in [0.717, 1.165) is 19.4 Å². The standard InChI is InChI=1S/C18H19Cl2N3O4S/c19-11-3-5-15(14(20)8-11)26-10-13-4-6-16(27-13)17(24)22-23-18(28)21-9-12-2-1-7-25-12/h3-6,8,12H,1-2,7,9-10H2,(H,22,24)(H2,21,23,28). The minimum atomic E-state index is -0.461. The second-order valence-electron chi connectivity index (χ2n) is 6.05. The summed E-state index contributed by atoms with van der Waals surface area (Å²) < 4.78 is 16.5. The van der Waals surface area contributed by atoms with Gasteiger partial charge < -0.3 is 19.2 Å². The Hall–Kier alpha value is -2.00. The van der Waals surface area contributed by atoms with Crippen molar-refractivity contribution in [2.45, 2.75) is 25.6 Å². The van der Waals surface area contributed by atoms with Gasteiger partial charge in [0.1, 0.15) is 18.1 Å². The predicted molar refractivity (Wildman–Crippen MR) is 110 cm³/mol. The van der Waals surface area contributed by atoms with E-state index in [0.29, 0.717) is 33.2 Å². The van der Waals surface area contributed by atoms with E-state index in [9.17, 15) is 4.79 Å². The average Bonchev–Trinajstić information content (AvgIpc) is 3.35. The summed E-state index contributed by atoms with van der Waals surface area (Å²) >= 11 is 17.0. The molecule has 0 bridgehead atoms. The summed E-state index contributed by atoms with van der Waals surface area (Å²) in [4.78, 5) is 12.1. The van der Waals surface area contributed by atoms with Crippen molar-refractivity contribution in [3.63, 3.8) is 0 Å². The third kappa shape index (κ3) is 6.00. The van der Waals surface area contributed by atoms with Gasteiger partial charge >= 0.3 is 5.91 Å². The van der Waals surface area contributed by atoms with E-state index >= 15 is 0 Å². The van der Waals surface area contributed by atoms with Gasteiger partial charge in [-0.25, -0.2) is 0 Å². The van der Waals surface area contributed by atoms with Gasteiger partial charge in [-0.15, -0.1) is 0 Å². The van der Waals surface area contributed by atoms with E-state index in [2.05, 4.69) is 16.2 Å². The number of amides is 1. The number of halogens is 2. The highest BCUT2D eigenvalue weighted by Crippen LogP contribution is 2.28. The lowest BCUT2D eigenvalue weighted by Gasteiger charge is -2.14. The topological polar surface area (TPSA) is 84.8 Å². The van der Waals surface area contributed by atoms with Crippen LogP contribution in [0.5, 0.6) is 5.75 Å². The van der Waals surface area contributed by atoms with Crippen LogP contribution in [0.3, 0.4) is 0 Å². The van der Waals surface area contributed by atoms with Gasteiger partial charge in [-0.3, -0.25) is 15.6 Å². The fourth-order valence-corrected chi connectivity index (χ4v) is 3.15. The Balaban J connectivity index is 1.42. The molecule has 28 heavy (non-hydrogen) atoms. The molecule has 1 aliphatic heterocycles. The third-order valence-corrected chi connectivity index (χ3v) is 4.73. The molecule has 150 valence electrons. The summed E-state index contributed by atoms with van der Waals surface area (Å²) in [7, 11) is 0. The molecular weight excluding hydrogens is 425 g/mol. The van der Waals surface area contributed by atoms with E-state index in [-0.39, 0.29) is 18.5 Å². The predicted octanol–water partition coefficient (Wildman–Crippen LogP) is 3.45. The Labute approximate surface area is 177 Å². The molecule has 0 saturated carbocycles. The summed E-state index contributed by atoms with van der Waals surface area (Å²) in [6.45, 7) is 1.48. The second-order valence-corrected chi connectivity index (χ2v) is 7.31. The SMILES string of the molecule is O=C(NNC(=S)NCC1CCCO1)c1ccc(COc2ccc(Cl)cc2Cl)o1. The van der Waals surface area contributed by atoms with Crippen molar-refractivity contribution in [2.24, 2.45) is 0 Å². The number of benzene rings is 1. The molecule has 10 heteroatoms. The lowest BCUT2D eigenvalue weighted by molar-refractivity contribution is 0.0911. The van der Waals surface area contributed by atoms with Crippen LogP contribution in [-0.4, -0.2) is 30.3 Å². The molecule has 1 saturated heterocycles. The molecule has 3 rings (SSSR count). The molecule has 2 heterocycles. The smallest absolute Gasteiger partial charge is 0.305 e. The van der Waals surface area contributed by atoms with Crippen molar-refractivity contribution < 1.29 is 18.7 Å². The van der Waals surface area contributed by atoms with Crippen molar-refractivity contribution in [1.29, 1.82) is 0 Å². The number of carbonyl (C=O) groups excluding carboxylic acids is 1. The maximum absolute atomic E-state index is 12.1. The van der Waals surface area contributed by atoms with Gasteiger partial charge in [-0.1, -0.05) is 23.2 Å². The molecule has 1 aromatic carbocycles. The summed E-state index contributed by atoms with van der Waals surface area (Å²) in [5.74, 6) is 0.598. The third-order valence-electron chi connectivity index (χ3n) is 3.95. The van der Waals surface area contributed by atoms with Crippen LogP contribution in [0.2, 0.25) is 10.0 Å². The van der Waals surface area contributed by atoms with E-state index in [1.54, 1.807) is 30.3 Å². The van der Waals surface area contributed by atoms with Crippen molar-refractivity contribution in [2.75, 3.05) is 13.2 Å². The van der Waals surface area contributed by atoms with E-state index < -0.39 is 5.91 Å². The number of ether oxygens (including phenoxy) is 2. The van der Waals surface area contributed by atoms with Crippen LogP contribution in [-0.2, 0) is 11.3 Å². The molecule has 1 aliphatic rings. The van der Waals surface area contributed by atoms with E-state index in [1.165, 1.54) is 0 Å². The zero-order chi connectivity index (χ0) is 19.9. The fourth-order valence-electron chi connectivity index (χ4n) is 2.55. The number of furan rings is 1. The molecule has 1 unspecified atom stereocenters.